The van der Waals surface area contributed by atoms with Crippen molar-refractivity contribution in [1.29, 1.82) is 0 Å². The molecule has 3 aromatic rings. The van der Waals surface area contributed by atoms with Crippen LogP contribution in [0, 0.1) is 0 Å². The Bertz CT molecular complexity index is 957. The van der Waals surface area contributed by atoms with Crippen LogP contribution in [0.2, 0.25) is 5.02 Å². The number of nitrogens with one attached hydrogen (secondary N) is 1. The van der Waals surface area contributed by atoms with E-state index < -0.39 is 11.7 Å². The second-order valence-electron chi connectivity index (χ2n) is 5.97. The van der Waals surface area contributed by atoms with Crippen LogP contribution in [0.5, 0.6) is 0 Å². The van der Waals surface area contributed by atoms with Crippen LogP contribution in [0.15, 0.2) is 77.7 Å². The van der Waals surface area contributed by atoms with Crippen LogP contribution >= 0.6 is 23.4 Å². The molecule has 1 amide bonds. The molecule has 0 radical (unpaired) electrons. The highest BCUT2D eigenvalue weighted by Gasteiger charge is 2.30. The van der Waals surface area contributed by atoms with E-state index in [-0.39, 0.29) is 5.91 Å². The van der Waals surface area contributed by atoms with Gasteiger partial charge in [-0.1, -0.05) is 29.8 Å². The van der Waals surface area contributed by atoms with Gasteiger partial charge in [0.2, 0.25) is 0 Å². The summed E-state index contributed by atoms with van der Waals surface area (Å²) in [5, 5.41) is 3.34. The normalized spacial score (nSPS) is 11.3. The molecule has 0 bridgehead atoms. The van der Waals surface area contributed by atoms with E-state index in [0.717, 1.165) is 17.7 Å². The lowest BCUT2D eigenvalue weighted by Gasteiger charge is -2.09. The Hall–Kier alpha value is -2.44. The molecular weight excluding hydrogens is 407 g/mol. The third-order valence-electron chi connectivity index (χ3n) is 3.89. The molecule has 0 aliphatic heterocycles. The maximum atomic E-state index is 12.8. The minimum Gasteiger partial charge on any atom is -0.322 e. The van der Waals surface area contributed by atoms with E-state index >= 15 is 0 Å². The highest BCUT2D eigenvalue weighted by atomic mass is 35.5. The lowest BCUT2D eigenvalue weighted by atomic mass is 10.2. The van der Waals surface area contributed by atoms with Crippen molar-refractivity contribution in [2.45, 2.75) is 16.8 Å². The van der Waals surface area contributed by atoms with Crippen molar-refractivity contribution in [3.63, 3.8) is 0 Å². The molecule has 0 aliphatic carbocycles. The molecule has 0 aliphatic rings. The maximum Gasteiger partial charge on any atom is 0.416 e. The van der Waals surface area contributed by atoms with Crippen molar-refractivity contribution < 1.29 is 18.0 Å². The third kappa shape index (κ3) is 5.53. The van der Waals surface area contributed by atoms with Gasteiger partial charge in [0.25, 0.3) is 5.91 Å². The molecule has 144 valence electrons. The fourth-order valence-corrected chi connectivity index (χ4v) is 3.45. The molecule has 0 heterocycles. The van der Waals surface area contributed by atoms with E-state index in [4.69, 9.17) is 11.6 Å². The first-order valence-electron chi connectivity index (χ1n) is 8.27. The summed E-state index contributed by atoms with van der Waals surface area (Å²) in [4.78, 5) is 12.7. The fraction of sp³-hybridized carbons (Fsp3) is 0.0952. The molecule has 7 heteroatoms. The number of anilines is 1. The average molecular weight is 422 g/mol. The van der Waals surface area contributed by atoms with Gasteiger partial charge in [-0.15, -0.1) is 11.8 Å². The molecule has 0 unspecified atom stereocenters. The summed E-state index contributed by atoms with van der Waals surface area (Å²) in [6.07, 6.45) is -4.35. The second kappa shape index (κ2) is 8.71. The number of hydrogen-bond acceptors (Lipinski definition) is 2. The summed E-state index contributed by atoms with van der Waals surface area (Å²) in [6.45, 7) is 0. The highest BCUT2D eigenvalue weighted by molar-refractivity contribution is 7.98. The molecule has 0 atom stereocenters. The first kappa shape index (κ1) is 20.3. The van der Waals surface area contributed by atoms with Gasteiger partial charge in [0.1, 0.15) is 0 Å². The van der Waals surface area contributed by atoms with Gasteiger partial charge < -0.3 is 5.32 Å². The van der Waals surface area contributed by atoms with E-state index in [0.29, 0.717) is 26.9 Å². The van der Waals surface area contributed by atoms with Crippen LogP contribution in [0.25, 0.3) is 0 Å². The monoisotopic (exact) mass is 421 g/mol. The van der Waals surface area contributed by atoms with Crippen LogP contribution in [-0.4, -0.2) is 5.91 Å². The van der Waals surface area contributed by atoms with Crippen LogP contribution in [-0.2, 0) is 11.9 Å². The molecule has 28 heavy (non-hydrogen) atoms. The van der Waals surface area contributed by atoms with E-state index in [9.17, 15) is 18.0 Å². The van der Waals surface area contributed by atoms with Crippen molar-refractivity contribution in [2.75, 3.05) is 5.32 Å². The molecule has 1 N–H and O–H groups in total. The minimum absolute atomic E-state index is 0.247. The summed E-state index contributed by atoms with van der Waals surface area (Å²) < 4.78 is 38.3. The number of alkyl halides is 3. The Morgan fingerprint density at radius 1 is 0.964 bits per heavy atom. The Labute approximate surface area is 169 Å². The Balaban J connectivity index is 1.59. The van der Waals surface area contributed by atoms with Crippen molar-refractivity contribution in [3.8, 4) is 0 Å². The molecule has 0 saturated carbocycles. The zero-order valence-electron chi connectivity index (χ0n) is 14.5. The summed E-state index contributed by atoms with van der Waals surface area (Å²) in [5.74, 6) is 0.273. The average Bonchev–Trinajstić information content (AvgIpc) is 2.67. The van der Waals surface area contributed by atoms with Crippen molar-refractivity contribution in [3.05, 3.63) is 94.5 Å². The maximum absolute atomic E-state index is 12.8. The van der Waals surface area contributed by atoms with Crippen molar-refractivity contribution >= 4 is 35.0 Å². The van der Waals surface area contributed by atoms with E-state index in [1.807, 2.05) is 12.1 Å². The van der Waals surface area contributed by atoms with Gasteiger partial charge >= 0.3 is 6.18 Å². The lowest BCUT2D eigenvalue weighted by molar-refractivity contribution is -0.137. The third-order valence-corrected chi connectivity index (χ3v) is 5.20. The first-order valence-corrected chi connectivity index (χ1v) is 9.63. The van der Waals surface area contributed by atoms with E-state index in [1.165, 1.54) is 17.8 Å². The molecule has 3 aromatic carbocycles. The Morgan fingerprint density at radius 3 is 2.29 bits per heavy atom. The Kier molecular flexibility index (Phi) is 6.31. The SMILES string of the molecule is O=C(Nc1ccc(CSc2cccc(C(F)(F)F)c2)cc1)c1ccc(Cl)cc1. The van der Waals surface area contributed by atoms with Gasteiger partial charge in [0.05, 0.1) is 5.56 Å². The highest BCUT2D eigenvalue weighted by Crippen LogP contribution is 2.32. The quantitative estimate of drug-likeness (QED) is 0.454. The summed E-state index contributed by atoms with van der Waals surface area (Å²) >= 11 is 7.13. The minimum atomic E-state index is -4.35. The number of amides is 1. The number of hydrogen-bond donors (Lipinski definition) is 1. The smallest absolute Gasteiger partial charge is 0.322 e. The van der Waals surface area contributed by atoms with Gasteiger partial charge in [-0.25, -0.2) is 0 Å². The van der Waals surface area contributed by atoms with Gasteiger partial charge in [-0.3, -0.25) is 4.79 Å². The zero-order valence-corrected chi connectivity index (χ0v) is 16.0. The van der Waals surface area contributed by atoms with Crippen LogP contribution in [0.3, 0.4) is 0 Å². The second-order valence-corrected chi connectivity index (χ2v) is 7.46. The number of rotatable bonds is 5. The molecule has 0 fully saturated rings. The molecular formula is C21H15ClF3NOS. The van der Waals surface area contributed by atoms with E-state index in [1.54, 1.807) is 42.5 Å². The number of benzene rings is 3. The summed E-state index contributed by atoms with van der Waals surface area (Å²) in [7, 11) is 0. The largest absolute Gasteiger partial charge is 0.416 e. The topological polar surface area (TPSA) is 29.1 Å². The Morgan fingerprint density at radius 2 is 1.64 bits per heavy atom. The van der Waals surface area contributed by atoms with Gasteiger partial charge in [0, 0.05) is 26.9 Å². The van der Waals surface area contributed by atoms with E-state index in [2.05, 4.69) is 5.32 Å². The summed E-state index contributed by atoms with van der Waals surface area (Å²) in [5.41, 5.74) is 1.41. The van der Waals surface area contributed by atoms with Crippen LogP contribution in [0.4, 0.5) is 18.9 Å². The van der Waals surface area contributed by atoms with Crippen LogP contribution in [0.1, 0.15) is 21.5 Å². The standard InChI is InChI=1S/C21H15ClF3NOS/c22-17-8-6-15(7-9-17)20(27)26-18-10-4-14(5-11-18)13-28-19-3-1-2-16(12-19)21(23,24)25/h1-12H,13H2,(H,26,27). The zero-order chi connectivity index (χ0) is 20.1. The van der Waals surface area contributed by atoms with Crippen LogP contribution < -0.4 is 5.32 Å². The number of halogens is 4. The van der Waals surface area contributed by atoms with Gasteiger partial charge in [-0.2, -0.15) is 13.2 Å². The van der Waals surface area contributed by atoms with Crippen molar-refractivity contribution in [2.24, 2.45) is 0 Å². The predicted molar refractivity (Wildman–Crippen MR) is 107 cm³/mol. The molecule has 0 aromatic heterocycles. The predicted octanol–water partition coefficient (Wildman–Crippen LogP) is 6.90. The molecule has 0 saturated heterocycles. The number of thioether (sulfide) groups is 1. The first-order chi connectivity index (χ1) is 13.3. The van der Waals surface area contributed by atoms with Gasteiger partial charge in [-0.05, 0) is 60.2 Å². The molecule has 3 rings (SSSR count). The molecule has 0 spiro atoms. The fourth-order valence-electron chi connectivity index (χ4n) is 2.42. The number of carbonyl (C=O) groups is 1. The summed E-state index contributed by atoms with van der Waals surface area (Å²) in [6, 6.07) is 19.0. The van der Waals surface area contributed by atoms with Crippen molar-refractivity contribution in [1.82, 2.24) is 0 Å². The number of carbonyl (C=O) groups excluding carboxylic acids is 1. The van der Waals surface area contributed by atoms with Gasteiger partial charge in [0.15, 0.2) is 0 Å². The molecule has 2 nitrogen and oxygen atoms in total. The lowest BCUT2D eigenvalue weighted by Crippen LogP contribution is -2.11.